The zero-order chi connectivity index (χ0) is 9.52. The molecular weight excluding hydrogens is 182 g/mol. The predicted octanol–water partition coefficient (Wildman–Crippen LogP) is 1.26. The third-order valence-electron chi connectivity index (χ3n) is 1.92. The molecule has 0 fully saturated rings. The standard InChI is InChI=1S/C9H17N3S/c1-12-8-11-7-9(12)6-10-4-3-5-13-2/h7-8,10H,3-6H2,1-2H3. The Labute approximate surface area is 83.9 Å². The molecule has 1 heterocycles. The van der Waals surface area contributed by atoms with Crippen molar-refractivity contribution in [3.63, 3.8) is 0 Å². The second kappa shape index (κ2) is 6.05. The Morgan fingerprint density at radius 3 is 3.08 bits per heavy atom. The van der Waals surface area contributed by atoms with Crippen LogP contribution in [0.4, 0.5) is 0 Å². The smallest absolute Gasteiger partial charge is 0.0945 e. The number of nitrogens with zero attached hydrogens (tertiary/aromatic N) is 2. The highest BCUT2D eigenvalue weighted by atomic mass is 32.2. The van der Waals surface area contributed by atoms with Crippen LogP contribution in [0, 0.1) is 0 Å². The van der Waals surface area contributed by atoms with Gasteiger partial charge < -0.3 is 9.88 Å². The molecule has 1 rings (SSSR count). The van der Waals surface area contributed by atoms with Crippen molar-refractivity contribution in [3.8, 4) is 0 Å². The molecule has 0 aliphatic carbocycles. The first kappa shape index (κ1) is 10.6. The van der Waals surface area contributed by atoms with Gasteiger partial charge in [0.05, 0.1) is 12.0 Å². The third-order valence-corrected chi connectivity index (χ3v) is 2.62. The van der Waals surface area contributed by atoms with Crippen LogP contribution in [-0.2, 0) is 13.6 Å². The summed E-state index contributed by atoms with van der Waals surface area (Å²) in [6.07, 6.45) is 7.11. The van der Waals surface area contributed by atoms with E-state index in [1.54, 1.807) is 0 Å². The number of nitrogens with one attached hydrogen (secondary N) is 1. The molecule has 13 heavy (non-hydrogen) atoms. The molecule has 0 aromatic carbocycles. The Morgan fingerprint density at radius 1 is 1.62 bits per heavy atom. The molecule has 1 aromatic heterocycles. The summed E-state index contributed by atoms with van der Waals surface area (Å²) in [7, 11) is 2.02. The maximum atomic E-state index is 4.06. The van der Waals surface area contributed by atoms with E-state index in [1.165, 1.54) is 17.9 Å². The average Bonchev–Trinajstić information content (AvgIpc) is 2.52. The highest BCUT2D eigenvalue weighted by molar-refractivity contribution is 7.98. The average molecular weight is 199 g/mol. The van der Waals surface area contributed by atoms with Gasteiger partial charge in [-0.05, 0) is 25.0 Å². The van der Waals surface area contributed by atoms with E-state index in [1.807, 2.05) is 35.9 Å². The Bertz CT molecular complexity index is 235. The lowest BCUT2D eigenvalue weighted by atomic mass is 10.4. The van der Waals surface area contributed by atoms with Crippen molar-refractivity contribution >= 4 is 11.8 Å². The van der Waals surface area contributed by atoms with E-state index >= 15 is 0 Å². The van der Waals surface area contributed by atoms with Crippen molar-refractivity contribution in [3.05, 3.63) is 18.2 Å². The van der Waals surface area contributed by atoms with Gasteiger partial charge in [0.2, 0.25) is 0 Å². The summed E-state index contributed by atoms with van der Waals surface area (Å²) in [4.78, 5) is 4.06. The molecule has 0 aliphatic heterocycles. The molecule has 0 aliphatic rings. The van der Waals surface area contributed by atoms with E-state index in [-0.39, 0.29) is 0 Å². The Balaban J connectivity index is 2.10. The fourth-order valence-corrected chi connectivity index (χ4v) is 1.55. The van der Waals surface area contributed by atoms with E-state index in [2.05, 4.69) is 16.6 Å². The Kier molecular flexibility index (Phi) is 4.93. The number of imidazole rings is 1. The van der Waals surface area contributed by atoms with E-state index in [0.717, 1.165) is 13.1 Å². The van der Waals surface area contributed by atoms with Crippen molar-refractivity contribution in [1.29, 1.82) is 0 Å². The van der Waals surface area contributed by atoms with E-state index in [0.29, 0.717) is 0 Å². The summed E-state index contributed by atoms with van der Waals surface area (Å²) in [6.45, 7) is 2.01. The number of rotatable bonds is 6. The van der Waals surface area contributed by atoms with Crippen molar-refractivity contribution in [2.24, 2.45) is 7.05 Å². The summed E-state index contributed by atoms with van der Waals surface area (Å²) in [5.74, 6) is 1.23. The maximum absolute atomic E-state index is 4.06. The van der Waals surface area contributed by atoms with Crippen LogP contribution in [0.15, 0.2) is 12.5 Å². The van der Waals surface area contributed by atoms with Crippen molar-refractivity contribution in [1.82, 2.24) is 14.9 Å². The zero-order valence-electron chi connectivity index (χ0n) is 8.29. The van der Waals surface area contributed by atoms with Crippen LogP contribution in [0.2, 0.25) is 0 Å². The van der Waals surface area contributed by atoms with Crippen molar-refractivity contribution in [2.45, 2.75) is 13.0 Å². The van der Waals surface area contributed by atoms with E-state index < -0.39 is 0 Å². The number of aryl methyl sites for hydroxylation is 1. The highest BCUT2D eigenvalue weighted by Gasteiger charge is 1.95. The normalized spacial score (nSPS) is 10.6. The second-order valence-electron chi connectivity index (χ2n) is 3.02. The van der Waals surface area contributed by atoms with Gasteiger partial charge in [-0.15, -0.1) is 0 Å². The molecule has 0 saturated heterocycles. The lowest BCUT2D eigenvalue weighted by Crippen LogP contribution is -2.16. The summed E-state index contributed by atoms with van der Waals surface area (Å²) < 4.78 is 2.04. The quantitative estimate of drug-likeness (QED) is 0.700. The lowest BCUT2D eigenvalue weighted by molar-refractivity contribution is 0.647. The van der Waals surface area contributed by atoms with Crippen LogP contribution in [0.3, 0.4) is 0 Å². The maximum Gasteiger partial charge on any atom is 0.0945 e. The molecule has 0 atom stereocenters. The molecule has 0 bridgehead atoms. The van der Waals surface area contributed by atoms with Gasteiger partial charge in [-0.2, -0.15) is 11.8 Å². The lowest BCUT2D eigenvalue weighted by Gasteiger charge is -2.04. The molecule has 1 N–H and O–H groups in total. The molecule has 1 aromatic rings. The van der Waals surface area contributed by atoms with Crippen molar-refractivity contribution < 1.29 is 0 Å². The number of aromatic nitrogens is 2. The van der Waals surface area contributed by atoms with Crippen LogP contribution in [0.5, 0.6) is 0 Å². The second-order valence-corrected chi connectivity index (χ2v) is 4.00. The summed E-state index contributed by atoms with van der Waals surface area (Å²) >= 11 is 1.90. The van der Waals surface area contributed by atoms with E-state index in [4.69, 9.17) is 0 Å². The van der Waals surface area contributed by atoms with Crippen molar-refractivity contribution in [2.75, 3.05) is 18.6 Å². The largest absolute Gasteiger partial charge is 0.337 e. The van der Waals surface area contributed by atoms with Gasteiger partial charge in [-0.3, -0.25) is 0 Å². The van der Waals surface area contributed by atoms with Gasteiger partial charge in [0.1, 0.15) is 0 Å². The topological polar surface area (TPSA) is 29.9 Å². The van der Waals surface area contributed by atoms with Gasteiger partial charge in [0.15, 0.2) is 0 Å². The first-order valence-electron chi connectivity index (χ1n) is 4.49. The Hall–Kier alpha value is -0.480. The molecule has 3 nitrogen and oxygen atoms in total. The van der Waals surface area contributed by atoms with Gasteiger partial charge in [0.25, 0.3) is 0 Å². The summed E-state index contributed by atoms with van der Waals surface area (Å²) in [5.41, 5.74) is 1.24. The minimum absolute atomic E-state index is 0.922. The van der Waals surface area contributed by atoms with Gasteiger partial charge >= 0.3 is 0 Å². The first-order chi connectivity index (χ1) is 6.34. The number of thioether (sulfide) groups is 1. The van der Waals surface area contributed by atoms with Crippen LogP contribution in [0.25, 0.3) is 0 Å². The molecule has 0 unspecified atom stereocenters. The molecule has 4 heteroatoms. The predicted molar refractivity (Wildman–Crippen MR) is 57.9 cm³/mol. The van der Waals surface area contributed by atoms with Crippen LogP contribution >= 0.6 is 11.8 Å². The molecule has 74 valence electrons. The molecule has 0 saturated carbocycles. The molecule has 0 radical (unpaired) electrons. The zero-order valence-corrected chi connectivity index (χ0v) is 9.10. The van der Waals surface area contributed by atoms with Crippen LogP contribution in [-0.4, -0.2) is 28.1 Å². The van der Waals surface area contributed by atoms with Crippen LogP contribution < -0.4 is 5.32 Å². The third kappa shape index (κ3) is 3.83. The fourth-order valence-electron chi connectivity index (χ4n) is 1.11. The van der Waals surface area contributed by atoms with Crippen LogP contribution in [0.1, 0.15) is 12.1 Å². The SMILES string of the molecule is CSCCCNCc1cncn1C. The highest BCUT2D eigenvalue weighted by Crippen LogP contribution is 1.96. The van der Waals surface area contributed by atoms with Gasteiger partial charge in [0, 0.05) is 19.8 Å². The molecule has 0 spiro atoms. The fraction of sp³-hybridized carbons (Fsp3) is 0.667. The number of hydrogen-bond acceptors (Lipinski definition) is 3. The molecule has 0 amide bonds. The number of hydrogen-bond donors (Lipinski definition) is 1. The Morgan fingerprint density at radius 2 is 2.46 bits per heavy atom. The first-order valence-corrected chi connectivity index (χ1v) is 5.89. The minimum Gasteiger partial charge on any atom is -0.337 e. The van der Waals surface area contributed by atoms with Gasteiger partial charge in [-0.1, -0.05) is 0 Å². The van der Waals surface area contributed by atoms with Gasteiger partial charge in [-0.25, -0.2) is 4.98 Å². The monoisotopic (exact) mass is 199 g/mol. The molecular formula is C9H17N3S. The summed E-state index contributed by atoms with van der Waals surface area (Å²) in [6, 6.07) is 0. The summed E-state index contributed by atoms with van der Waals surface area (Å²) in [5, 5.41) is 3.39. The van der Waals surface area contributed by atoms with E-state index in [9.17, 15) is 0 Å². The minimum atomic E-state index is 0.922.